The van der Waals surface area contributed by atoms with Crippen LogP contribution in [0.3, 0.4) is 0 Å². The third kappa shape index (κ3) is 3.70. The van der Waals surface area contributed by atoms with Crippen molar-refractivity contribution in [1.82, 2.24) is 10.2 Å². The van der Waals surface area contributed by atoms with E-state index in [2.05, 4.69) is 46.2 Å². The number of nitrogens with zero attached hydrogens (tertiary/aromatic N) is 1. The molecule has 1 fully saturated rings. The van der Waals surface area contributed by atoms with Gasteiger partial charge in [0.15, 0.2) is 0 Å². The number of piperidine rings is 1. The van der Waals surface area contributed by atoms with Crippen LogP contribution in [0.1, 0.15) is 18.9 Å². The van der Waals surface area contributed by atoms with Gasteiger partial charge < -0.3 is 10.2 Å². The van der Waals surface area contributed by atoms with Crippen LogP contribution in [0.5, 0.6) is 0 Å². The first-order valence-electron chi connectivity index (χ1n) is 6.42. The van der Waals surface area contributed by atoms with Gasteiger partial charge in [-0.2, -0.15) is 0 Å². The fraction of sp³-hybridized carbons (Fsp3) is 0.571. The van der Waals surface area contributed by atoms with Crippen molar-refractivity contribution < 1.29 is 0 Å². The summed E-state index contributed by atoms with van der Waals surface area (Å²) in [5, 5.41) is 4.44. The number of likely N-dealkylation sites (tertiary alicyclic amines) is 1. The number of hydrogen-bond acceptors (Lipinski definition) is 2. The second-order valence-corrected chi connectivity index (χ2v) is 6.53. The van der Waals surface area contributed by atoms with E-state index in [1.54, 1.807) is 0 Å². The standard InChI is InChI=1S/C14H20BrClN2/c1-10-9-18(2)6-5-14(10)17-8-11-3-4-12(15)13(16)7-11/h3-4,7,10,14,17H,5-6,8-9H2,1-2H3. The molecule has 0 radical (unpaired) electrons. The highest BCUT2D eigenvalue weighted by molar-refractivity contribution is 9.10. The zero-order chi connectivity index (χ0) is 13.1. The topological polar surface area (TPSA) is 15.3 Å². The molecule has 2 rings (SSSR count). The smallest absolute Gasteiger partial charge is 0.0551 e. The summed E-state index contributed by atoms with van der Waals surface area (Å²) >= 11 is 9.52. The molecule has 100 valence electrons. The molecule has 18 heavy (non-hydrogen) atoms. The maximum atomic E-state index is 6.10. The van der Waals surface area contributed by atoms with Gasteiger partial charge in [-0.15, -0.1) is 0 Å². The highest BCUT2D eigenvalue weighted by atomic mass is 79.9. The average molecular weight is 332 g/mol. The van der Waals surface area contributed by atoms with Crippen molar-refractivity contribution >= 4 is 27.5 Å². The van der Waals surface area contributed by atoms with Gasteiger partial charge in [-0.3, -0.25) is 0 Å². The van der Waals surface area contributed by atoms with Gasteiger partial charge in [0.2, 0.25) is 0 Å². The summed E-state index contributed by atoms with van der Waals surface area (Å²) < 4.78 is 0.959. The zero-order valence-electron chi connectivity index (χ0n) is 10.9. The van der Waals surface area contributed by atoms with Gasteiger partial charge in [0.1, 0.15) is 0 Å². The number of rotatable bonds is 3. The molecule has 0 bridgehead atoms. The molecule has 1 saturated heterocycles. The molecule has 1 aromatic carbocycles. The van der Waals surface area contributed by atoms with Crippen LogP contribution in [0, 0.1) is 5.92 Å². The van der Waals surface area contributed by atoms with Crippen molar-refractivity contribution in [2.45, 2.75) is 25.9 Å². The Morgan fingerprint density at radius 3 is 2.94 bits per heavy atom. The average Bonchev–Trinajstić information content (AvgIpc) is 2.32. The lowest BCUT2D eigenvalue weighted by Crippen LogP contribution is -2.46. The van der Waals surface area contributed by atoms with Crippen molar-refractivity contribution in [2.24, 2.45) is 5.92 Å². The van der Waals surface area contributed by atoms with Gasteiger partial charge in [0.05, 0.1) is 5.02 Å². The molecule has 1 aliphatic heterocycles. The van der Waals surface area contributed by atoms with Gasteiger partial charge in [-0.1, -0.05) is 24.6 Å². The summed E-state index contributed by atoms with van der Waals surface area (Å²) in [6.45, 7) is 5.58. The van der Waals surface area contributed by atoms with Crippen molar-refractivity contribution in [1.29, 1.82) is 0 Å². The van der Waals surface area contributed by atoms with Gasteiger partial charge in [-0.25, -0.2) is 0 Å². The summed E-state index contributed by atoms with van der Waals surface area (Å²) in [5.41, 5.74) is 1.24. The zero-order valence-corrected chi connectivity index (χ0v) is 13.3. The Bertz CT molecular complexity index is 411. The molecule has 0 amide bonds. The Morgan fingerprint density at radius 1 is 1.50 bits per heavy atom. The molecule has 1 aliphatic rings. The van der Waals surface area contributed by atoms with E-state index in [1.165, 1.54) is 25.1 Å². The second-order valence-electron chi connectivity index (χ2n) is 5.26. The van der Waals surface area contributed by atoms with Gasteiger partial charge in [0, 0.05) is 23.6 Å². The number of halogens is 2. The summed E-state index contributed by atoms with van der Waals surface area (Å²) in [7, 11) is 2.20. The highest BCUT2D eigenvalue weighted by Gasteiger charge is 2.23. The van der Waals surface area contributed by atoms with Crippen molar-refractivity contribution in [2.75, 3.05) is 20.1 Å². The number of nitrogens with one attached hydrogen (secondary N) is 1. The summed E-state index contributed by atoms with van der Waals surface area (Å²) in [6.07, 6.45) is 1.22. The van der Waals surface area contributed by atoms with E-state index in [4.69, 9.17) is 11.6 Å². The third-order valence-electron chi connectivity index (χ3n) is 3.66. The third-order valence-corrected chi connectivity index (χ3v) is 4.89. The van der Waals surface area contributed by atoms with E-state index in [9.17, 15) is 0 Å². The van der Waals surface area contributed by atoms with E-state index in [0.29, 0.717) is 12.0 Å². The fourth-order valence-corrected chi connectivity index (χ4v) is 3.01. The highest BCUT2D eigenvalue weighted by Crippen LogP contribution is 2.23. The first-order chi connectivity index (χ1) is 8.56. The molecule has 0 spiro atoms. The quantitative estimate of drug-likeness (QED) is 0.911. The van der Waals surface area contributed by atoms with Gasteiger partial charge in [-0.05, 0) is 59.6 Å². The first-order valence-corrected chi connectivity index (χ1v) is 7.59. The van der Waals surface area contributed by atoms with Gasteiger partial charge >= 0.3 is 0 Å². The summed E-state index contributed by atoms with van der Waals surface area (Å²) in [4.78, 5) is 2.40. The van der Waals surface area contributed by atoms with E-state index in [1.807, 2.05) is 12.1 Å². The molecule has 4 heteroatoms. The molecular weight excluding hydrogens is 312 g/mol. The van der Waals surface area contributed by atoms with Crippen molar-refractivity contribution in [3.05, 3.63) is 33.3 Å². The monoisotopic (exact) mass is 330 g/mol. The number of hydrogen-bond donors (Lipinski definition) is 1. The maximum Gasteiger partial charge on any atom is 0.0551 e. The van der Waals surface area contributed by atoms with Crippen LogP contribution in [-0.2, 0) is 6.54 Å². The van der Waals surface area contributed by atoms with Crippen LogP contribution in [-0.4, -0.2) is 31.1 Å². The molecule has 2 unspecified atom stereocenters. The minimum atomic E-state index is 0.614. The Hall–Kier alpha value is -0.0900. The predicted molar refractivity (Wildman–Crippen MR) is 81.1 cm³/mol. The Balaban J connectivity index is 1.89. The van der Waals surface area contributed by atoms with Crippen molar-refractivity contribution in [3.63, 3.8) is 0 Å². The van der Waals surface area contributed by atoms with E-state index in [0.717, 1.165) is 16.0 Å². The number of benzene rings is 1. The van der Waals surface area contributed by atoms with Crippen LogP contribution in [0.2, 0.25) is 5.02 Å². The fourth-order valence-electron chi connectivity index (χ4n) is 2.56. The normalized spacial score (nSPS) is 25.3. The van der Waals surface area contributed by atoms with Crippen LogP contribution < -0.4 is 5.32 Å². The minimum absolute atomic E-state index is 0.614. The van der Waals surface area contributed by atoms with E-state index in [-0.39, 0.29) is 0 Å². The van der Waals surface area contributed by atoms with Crippen molar-refractivity contribution in [3.8, 4) is 0 Å². The second kappa shape index (κ2) is 6.38. The summed E-state index contributed by atoms with van der Waals surface area (Å²) in [5.74, 6) is 0.703. The lowest BCUT2D eigenvalue weighted by Gasteiger charge is -2.35. The Kier molecular flexibility index (Phi) is 5.07. The first kappa shape index (κ1) is 14.3. The molecule has 0 aromatic heterocycles. The molecule has 2 nitrogen and oxygen atoms in total. The molecule has 1 N–H and O–H groups in total. The lowest BCUT2D eigenvalue weighted by molar-refractivity contribution is 0.174. The Morgan fingerprint density at radius 2 is 2.28 bits per heavy atom. The predicted octanol–water partition coefficient (Wildman–Crippen LogP) is 3.53. The van der Waals surface area contributed by atoms with Crippen LogP contribution in [0.25, 0.3) is 0 Å². The molecule has 1 aromatic rings. The maximum absolute atomic E-state index is 6.10. The lowest BCUT2D eigenvalue weighted by atomic mass is 9.94. The molecular formula is C14H20BrClN2. The molecule has 1 heterocycles. The molecule has 0 saturated carbocycles. The summed E-state index contributed by atoms with van der Waals surface area (Å²) in [6, 6.07) is 6.77. The van der Waals surface area contributed by atoms with E-state index < -0.39 is 0 Å². The minimum Gasteiger partial charge on any atom is -0.310 e. The largest absolute Gasteiger partial charge is 0.310 e. The molecule has 0 aliphatic carbocycles. The van der Waals surface area contributed by atoms with Crippen LogP contribution >= 0.6 is 27.5 Å². The Labute approximate surface area is 123 Å². The van der Waals surface area contributed by atoms with Gasteiger partial charge in [0.25, 0.3) is 0 Å². The SMILES string of the molecule is CC1CN(C)CCC1NCc1ccc(Br)c(Cl)c1. The van der Waals surface area contributed by atoms with E-state index >= 15 is 0 Å². The molecule has 2 atom stereocenters. The van der Waals surface area contributed by atoms with Crippen LogP contribution in [0.4, 0.5) is 0 Å². The van der Waals surface area contributed by atoms with Crippen LogP contribution in [0.15, 0.2) is 22.7 Å².